The van der Waals surface area contributed by atoms with Gasteiger partial charge in [-0.25, -0.2) is 0 Å². The first-order chi connectivity index (χ1) is 4.18. The summed E-state index contributed by atoms with van der Waals surface area (Å²) in [5.41, 5.74) is 0. The van der Waals surface area contributed by atoms with Crippen molar-refractivity contribution in [1.82, 2.24) is 0 Å². The number of carbonyl (C=O) groups is 1. The van der Waals surface area contributed by atoms with Gasteiger partial charge in [-0.2, -0.15) is 0 Å². The molecule has 0 radical (unpaired) electrons. The van der Waals surface area contributed by atoms with Gasteiger partial charge < -0.3 is 10.2 Å². The van der Waals surface area contributed by atoms with Crippen molar-refractivity contribution in [3.63, 3.8) is 0 Å². The molecule has 1 unspecified atom stereocenters. The predicted molar refractivity (Wildman–Crippen MR) is 28.6 cm³/mol. The lowest BCUT2D eigenvalue weighted by Crippen LogP contribution is -1.94. The number of carboxylic acid groups (broad SMARTS) is 1. The van der Waals surface area contributed by atoms with Crippen molar-refractivity contribution in [2.45, 2.75) is 19.2 Å². The second kappa shape index (κ2) is 4.59. The van der Waals surface area contributed by atoms with Gasteiger partial charge in [0.1, 0.15) is 0 Å². The lowest BCUT2D eigenvalue weighted by atomic mass is 10.2. The number of aliphatic carboxylic acids is 1. The fourth-order valence-electron chi connectivity index (χ4n) is 0.317. The first kappa shape index (κ1) is 5.56. The van der Waals surface area contributed by atoms with Crippen LogP contribution in [0, 0.1) is 0 Å². The Hall–Kier alpha value is -0.570. The molecule has 8 heavy (non-hydrogen) atoms. The summed E-state index contributed by atoms with van der Waals surface area (Å²) < 4.78 is 6.82. The minimum absolute atomic E-state index is 0.0390. The molecule has 0 spiro atoms. The van der Waals surface area contributed by atoms with E-state index in [-0.39, 0.29) is 13.0 Å². The SMILES string of the molecule is [2H]C(CCCO)C(=O)O. The largest absolute Gasteiger partial charge is 0.481 e. The Labute approximate surface area is 49.4 Å². The molecule has 0 aromatic carbocycles. The molecule has 3 nitrogen and oxygen atoms in total. The number of hydrogen-bond donors (Lipinski definition) is 2. The summed E-state index contributed by atoms with van der Waals surface area (Å²) in [4.78, 5) is 9.94. The molecule has 0 bridgehead atoms. The van der Waals surface area contributed by atoms with Gasteiger partial charge in [0, 0.05) is 14.4 Å². The molecule has 48 valence electrons. The van der Waals surface area contributed by atoms with Crippen LogP contribution in [0.5, 0.6) is 0 Å². The van der Waals surface area contributed by atoms with E-state index in [1.54, 1.807) is 0 Å². The first-order valence-electron chi connectivity index (χ1n) is 3.02. The summed E-state index contributed by atoms with van der Waals surface area (Å²) in [6.07, 6.45) is -0.455. The molecular weight excluding hydrogens is 108 g/mol. The quantitative estimate of drug-likeness (QED) is 0.557. The maximum absolute atomic E-state index is 9.94. The molecular formula is C5H10O3. The van der Waals surface area contributed by atoms with E-state index in [4.69, 9.17) is 11.6 Å². The van der Waals surface area contributed by atoms with Crippen LogP contribution < -0.4 is 0 Å². The molecule has 0 rings (SSSR count). The van der Waals surface area contributed by atoms with Crippen molar-refractivity contribution in [2.75, 3.05) is 6.61 Å². The summed E-state index contributed by atoms with van der Waals surface area (Å²) in [6, 6.07) is 0. The van der Waals surface area contributed by atoms with E-state index < -0.39 is 12.4 Å². The highest BCUT2D eigenvalue weighted by molar-refractivity contribution is 5.66. The zero-order valence-corrected chi connectivity index (χ0v) is 4.50. The summed E-state index contributed by atoms with van der Waals surface area (Å²) in [7, 11) is 0. The van der Waals surface area contributed by atoms with Crippen molar-refractivity contribution >= 4 is 5.97 Å². The second-order valence-corrected chi connectivity index (χ2v) is 1.41. The van der Waals surface area contributed by atoms with Crippen LogP contribution in [0.1, 0.15) is 20.6 Å². The Balaban J connectivity index is 3.27. The molecule has 2 N–H and O–H groups in total. The topological polar surface area (TPSA) is 57.5 Å². The van der Waals surface area contributed by atoms with Crippen LogP contribution in [0.25, 0.3) is 0 Å². The summed E-state index contributed by atoms with van der Waals surface area (Å²) in [5.74, 6) is -1.12. The monoisotopic (exact) mass is 119 g/mol. The Bertz CT molecular complexity index is 94.2. The van der Waals surface area contributed by atoms with E-state index in [2.05, 4.69) is 0 Å². The third kappa shape index (κ3) is 5.43. The molecule has 0 aliphatic carbocycles. The van der Waals surface area contributed by atoms with Gasteiger partial charge in [-0.1, -0.05) is 0 Å². The highest BCUT2D eigenvalue weighted by Crippen LogP contribution is 1.92. The van der Waals surface area contributed by atoms with Crippen molar-refractivity contribution in [1.29, 1.82) is 0 Å². The third-order valence-corrected chi connectivity index (χ3v) is 0.681. The van der Waals surface area contributed by atoms with Gasteiger partial charge in [0.25, 0.3) is 0 Å². The standard InChI is InChI=1S/C5H10O3/c6-4-2-1-3-5(7)8/h6H,1-4H2,(H,7,8)/i3D. The summed E-state index contributed by atoms with van der Waals surface area (Å²) >= 11 is 0. The van der Waals surface area contributed by atoms with Crippen molar-refractivity contribution in [3.05, 3.63) is 0 Å². The number of aliphatic hydroxyl groups excluding tert-OH is 1. The van der Waals surface area contributed by atoms with E-state index in [0.717, 1.165) is 0 Å². The van der Waals surface area contributed by atoms with Gasteiger partial charge in [0.15, 0.2) is 0 Å². The van der Waals surface area contributed by atoms with Gasteiger partial charge >= 0.3 is 5.97 Å². The Kier molecular flexibility index (Phi) is 3.19. The van der Waals surface area contributed by atoms with Crippen LogP contribution >= 0.6 is 0 Å². The number of aliphatic hydroxyl groups is 1. The van der Waals surface area contributed by atoms with E-state index in [1.807, 2.05) is 0 Å². The van der Waals surface area contributed by atoms with Gasteiger partial charge in [0.05, 0.1) is 0 Å². The molecule has 1 atom stereocenters. The minimum atomic E-state index is -1.12. The Morgan fingerprint density at radius 3 is 2.62 bits per heavy atom. The highest BCUT2D eigenvalue weighted by Gasteiger charge is 1.93. The molecule has 0 aromatic heterocycles. The van der Waals surface area contributed by atoms with Crippen LogP contribution in [-0.4, -0.2) is 22.8 Å². The van der Waals surface area contributed by atoms with Gasteiger partial charge in [-0.05, 0) is 12.8 Å². The zero-order chi connectivity index (χ0) is 7.28. The average Bonchev–Trinajstić information content (AvgIpc) is 1.82. The van der Waals surface area contributed by atoms with Crippen molar-refractivity contribution < 1.29 is 16.4 Å². The molecule has 0 amide bonds. The maximum Gasteiger partial charge on any atom is 0.303 e. The van der Waals surface area contributed by atoms with Crippen LogP contribution in [0.15, 0.2) is 0 Å². The fourth-order valence-corrected chi connectivity index (χ4v) is 0.317. The first-order valence-corrected chi connectivity index (χ1v) is 2.44. The normalized spacial score (nSPS) is 14.9. The summed E-state index contributed by atoms with van der Waals surface area (Å²) in [5, 5.41) is 16.4. The van der Waals surface area contributed by atoms with Crippen LogP contribution in [0.4, 0.5) is 0 Å². The second-order valence-electron chi connectivity index (χ2n) is 1.41. The van der Waals surface area contributed by atoms with Crippen LogP contribution in [-0.2, 0) is 4.79 Å². The lowest BCUT2D eigenvalue weighted by molar-refractivity contribution is -0.137. The zero-order valence-electron chi connectivity index (χ0n) is 5.50. The van der Waals surface area contributed by atoms with Crippen molar-refractivity contribution in [2.24, 2.45) is 0 Å². The van der Waals surface area contributed by atoms with E-state index in [0.29, 0.717) is 6.42 Å². The van der Waals surface area contributed by atoms with E-state index >= 15 is 0 Å². The number of rotatable bonds is 4. The molecule has 0 saturated carbocycles. The fraction of sp³-hybridized carbons (Fsp3) is 0.800. The summed E-state index contributed by atoms with van der Waals surface area (Å²) in [6.45, 7) is -0.0390. The molecule has 0 aliphatic heterocycles. The van der Waals surface area contributed by atoms with E-state index in [9.17, 15) is 4.79 Å². The van der Waals surface area contributed by atoms with E-state index in [1.165, 1.54) is 0 Å². The number of hydrogen-bond acceptors (Lipinski definition) is 2. The highest BCUT2D eigenvalue weighted by atomic mass is 16.4. The Morgan fingerprint density at radius 1 is 1.62 bits per heavy atom. The van der Waals surface area contributed by atoms with Gasteiger partial charge in [-0.3, -0.25) is 4.79 Å². The Morgan fingerprint density at radius 2 is 2.25 bits per heavy atom. The maximum atomic E-state index is 9.94. The van der Waals surface area contributed by atoms with Crippen LogP contribution in [0.2, 0.25) is 0 Å². The molecule has 0 aromatic rings. The molecule has 0 fully saturated rings. The number of carboxylic acids is 1. The minimum Gasteiger partial charge on any atom is -0.481 e. The molecule has 3 heteroatoms. The lowest BCUT2D eigenvalue weighted by Gasteiger charge is -1.89. The van der Waals surface area contributed by atoms with Crippen molar-refractivity contribution in [3.8, 4) is 0 Å². The smallest absolute Gasteiger partial charge is 0.303 e. The average molecular weight is 119 g/mol. The van der Waals surface area contributed by atoms with Crippen LogP contribution in [0.3, 0.4) is 0 Å². The molecule has 0 heterocycles. The van der Waals surface area contributed by atoms with Gasteiger partial charge in [-0.15, -0.1) is 0 Å². The predicted octanol–water partition coefficient (Wildman–Crippen LogP) is 0.234. The van der Waals surface area contributed by atoms with Gasteiger partial charge in [0.2, 0.25) is 0 Å². The third-order valence-electron chi connectivity index (χ3n) is 0.681. The molecule has 0 aliphatic rings. The molecule has 0 saturated heterocycles.